The van der Waals surface area contributed by atoms with E-state index >= 15 is 0 Å². The third-order valence-corrected chi connectivity index (χ3v) is 4.19. The number of aromatic nitrogens is 1. The molecule has 0 unspecified atom stereocenters. The van der Waals surface area contributed by atoms with Gasteiger partial charge >= 0.3 is 5.97 Å². The second-order valence-electron chi connectivity index (χ2n) is 6.48. The number of ether oxygens (including phenoxy) is 1. The molecule has 6 heteroatoms. The molecule has 3 aromatic rings. The summed E-state index contributed by atoms with van der Waals surface area (Å²) in [5.41, 5.74) is 0.381. The zero-order chi connectivity index (χ0) is 19.6. The number of esters is 1. The highest BCUT2D eigenvalue weighted by Gasteiger charge is 2.25. The van der Waals surface area contributed by atoms with Crippen molar-refractivity contribution in [2.45, 2.75) is 13.8 Å². The number of nitrogens with one attached hydrogen (secondary N) is 1. The predicted molar refractivity (Wildman–Crippen MR) is 104 cm³/mol. The zero-order valence-corrected chi connectivity index (χ0v) is 15.4. The van der Waals surface area contributed by atoms with Gasteiger partial charge in [0.05, 0.1) is 11.4 Å². The SMILES string of the molecule is CC(C)C(=O)Oc1c(C(=O)Nc2ccccc2)c(=O)n(C)c2ccccc12. The molecule has 2 aromatic carbocycles. The highest BCUT2D eigenvalue weighted by Crippen LogP contribution is 2.28. The second-order valence-corrected chi connectivity index (χ2v) is 6.48. The molecule has 1 amide bonds. The Morgan fingerprint density at radius 2 is 1.63 bits per heavy atom. The van der Waals surface area contributed by atoms with E-state index in [-0.39, 0.29) is 11.3 Å². The number of rotatable bonds is 4. The van der Waals surface area contributed by atoms with Crippen molar-refractivity contribution in [2.75, 3.05) is 5.32 Å². The lowest BCUT2D eigenvalue weighted by Crippen LogP contribution is -2.30. The summed E-state index contributed by atoms with van der Waals surface area (Å²) in [7, 11) is 1.58. The molecule has 0 spiro atoms. The Bertz CT molecular complexity index is 1070. The molecule has 0 atom stereocenters. The number of hydrogen-bond acceptors (Lipinski definition) is 4. The maximum Gasteiger partial charge on any atom is 0.313 e. The monoisotopic (exact) mass is 364 g/mol. The van der Waals surface area contributed by atoms with E-state index in [0.29, 0.717) is 16.6 Å². The maximum atomic E-state index is 12.9. The lowest BCUT2D eigenvalue weighted by Gasteiger charge is -2.16. The number of hydrogen-bond donors (Lipinski definition) is 1. The van der Waals surface area contributed by atoms with E-state index in [1.165, 1.54) is 4.57 Å². The summed E-state index contributed by atoms with van der Waals surface area (Å²) in [6, 6.07) is 15.8. The van der Waals surface area contributed by atoms with E-state index in [1.54, 1.807) is 69.4 Å². The van der Waals surface area contributed by atoms with Crippen LogP contribution in [-0.4, -0.2) is 16.4 Å². The van der Waals surface area contributed by atoms with Crippen LogP contribution in [0.5, 0.6) is 5.75 Å². The van der Waals surface area contributed by atoms with Crippen molar-refractivity contribution in [3.05, 3.63) is 70.5 Å². The summed E-state index contributed by atoms with van der Waals surface area (Å²) in [6.07, 6.45) is 0. The van der Waals surface area contributed by atoms with Crippen LogP contribution in [0.1, 0.15) is 24.2 Å². The summed E-state index contributed by atoms with van der Waals surface area (Å²) in [5, 5.41) is 3.21. The Morgan fingerprint density at radius 1 is 1.00 bits per heavy atom. The fraction of sp³-hybridized carbons (Fsp3) is 0.190. The third-order valence-electron chi connectivity index (χ3n) is 4.19. The minimum atomic E-state index is -0.626. The van der Waals surface area contributed by atoms with Crippen LogP contribution in [0.3, 0.4) is 0 Å². The van der Waals surface area contributed by atoms with Crippen LogP contribution in [-0.2, 0) is 11.8 Å². The van der Waals surface area contributed by atoms with E-state index in [9.17, 15) is 14.4 Å². The summed E-state index contributed by atoms with van der Waals surface area (Å²) in [4.78, 5) is 38.0. The van der Waals surface area contributed by atoms with Gasteiger partial charge in [-0.3, -0.25) is 14.4 Å². The number of carbonyl (C=O) groups is 2. The molecule has 0 aliphatic carbocycles. The van der Waals surface area contributed by atoms with Gasteiger partial charge in [0.2, 0.25) is 0 Å². The Labute approximate surface area is 156 Å². The average molecular weight is 364 g/mol. The van der Waals surface area contributed by atoms with E-state index < -0.39 is 23.4 Å². The van der Waals surface area contributed by atoms with Crippen LogP contribution in [0.2, 0.25) is 0 Å². The molecule has 3 rings (SSSR count). The standard InChI is InChI=1S/C21H20N2O4/c1-13(2)21(26)27-18-15-11-7-8-12-16(15)23(3)20(25)17(18)19(24)22-14-9-5-4-6-10-14/h4-13H,1-3H3,(H,22,24). The normalized spacial score (nSPS) is 10.8. The highest BCUT2D eigenvalue weighted by atomic mass is 16.5. The summed E-state index contributed by atoms with van der Waals surface area (Å²) in [6.45, 7) is 3.38. The number of aryl methyl sites for hydroxylation is 1. The molecule has 1 aromatic heterocycles. The number of para-hydroxylation sites is 2. The van der Waals surface area contributed by atoms with Gasteiger partial charge in [-0.05, 0) is 24.3 Å². The van der Waals surface area contributed by atoms with E-state index in [4.69, 9.17) is 4.74 Å². The zero-order valence-electron chi connectivity index (χ0n) is 15.4. The van der Waals surface area contributed by atoms with Crippen molar-refractivity contribution < 1.29 is 14.3 Å². The van der Waals surface area contributed by atoms with Gasteiger partial charge in [-0.1, -0.05) is 44.2 Å². The van der Waals surface area contributed by atoms with Crippen molar-refractivity contribution in [2.24, 2.45) is 13.0 Å². The minimum Gasteiger partial charge on any atom is -0.425 e. The molecule has 0 saturated carbocycles. The average Bonchev–Trinajstić information content (AvgIpc) is 2.66. The molecule has 0 aliphatic rings. The van der Waals surface area contributed by atoms with Crippen LogP contribution in [0.4, 0.5) is 5.69 Å². The van der Waals surface area contributed by atoms with Crippen molar-refractivity contribution in [3.8, 4) is 5.75 Å². The van der Waals surface area contributed by atoms with E-state index in [0.717, 1.165) is 0 Å². The van der Waals surface area contributed by atoms with E-state index in [1.807, 2.05) is 6.07 Å². The van der Waals surface area contributed by atoms with Crippen LogP contribution in [0.25, 0.3) is 10.9 Å². The van der Waals surface area contributed by atoms with Crippen LogP contribution >= 0.6 is 0 Å². The number of anilines is 1. The van der Waals surface area contributed by atoms with Gasteiger partial charge in [-0.2, -0.15) is 0 Å². The molecular weight excluding hydrogens is 344 g/mol. The van der Waals surface area contributed by atoms with E-state index in [2.05, 4.69) is 5.32 Å². The van der Waals surface area contributed by atoms with Gasteiger partial charge in [-0.15, -0.1) is 0 Å². The third kappa shape index (κ3) is 3.60. The highest BCUT2D eigenvalue weighted by molar-refractivity contribution is 6.09. The molecular formula is C21H20N2O4. The van der Waals surface area contributed by atoms with Gasteiger partial charge in [0, 0.05) is 18.1 Å². The Morgan fingerprint density at radius 3 is 2.30 bits per heavy atom. The minimum absolute atomic E-state index is 0.0131. The first kappa shape index (κ1) is 18.4. The fourth-order valence-corrected chi connectivity index (χ4v) is 2.71. The number of nitrogens with zero attached hydrogens (tertiary/aromatic N) is 1. The Hall–Kier alpha value is -3.41. The molecule has 27 heavy (non-hydrogen) atoms. The first-order valence-electron chi connectivity index (χ1n) is 8.60. The van der Waals surface area contributed by atoms with Gasteiger partial charge < -0.3 is 14.6 Å². The Balaban J connectivity index is 2.20. The first-order valence-corrected chi connectivity index (χ1v) is 8.60. The number of benzene rings is 2. The lowest BCUT2D eigenvalue weighted by atomic mass is 10.1. The van der Waals surface area contributed by atoms with Gasteiger partial charge in [-0.25, -0.2) is 0 Å². The van der Waals surface area contributed by atoms with Crippen LogP contribution in [0, 0.1) is 5.92 Å². The lowest BCUT2D eigenvalue weighted by molar-refractivity contribution is -0.137. The molecule has 6 nitrogen and oxygen atoms in total. The topological polar surface area (TPSA) is 77.4 Å². The maximum absolute atomic E-state index is 12.9. The van der Waals surface area contributed by atoms with Crippen LogP contribution < -0.4 is 15.6 Å². The summed E-state index contributed by atoms with van der Waals surface area (Å²) >= 11 is 0. The molecule has 0 bridgehead atoms. The van der Waals surface area contributed by atoms with Crippen molar-refractivity contribution in [1.82, 2.24) is 4.57 Å². The second kappa shape index (κ2) is 7.45. The molecule has 1 heterocycles. The largest absolute Gasteiger partial charge is 0.425 e. The number of carbonyl (C=O) groups excluding carboxylic acids is 2. The molecule has 1 N–H and O–H groups in total. The number of amides is 1. The van der Waals surface area contributed by atoms with Gasteiger partial charge in [0.15, 0.2) is 5.75 Å². The van der Waals surface area contributed by atoms with Gasteiger partial charge in [0.1, 0.15) is 5.56 Å². The van der Waals surface area contributed by atoms with Gasteiger partial charge in [0.25, 0.3) is 11.5 Å². The molecule has 0 radical (unpaired) electrons. The van der Waals surface area contributed by atoms with Crippen molar-refractivity contribution in [1.29, 1.82) is 0 Å². The number of fused-ring (bicyclic) bond motifs is 1. The molecule has 0 aliphatic heterocycles. The fourth-order valence-electron chi connectivity index (χ4n) is 2.71. The van der Waals surface area contributed by atoms with Crippen molar-refractivity contribution in [3.63, 3.8) is 0 Å². The molecule has 0 fully saturated rings. The number of pyridine rings is 1. The predicted octanol–water partition coefficient (Wildman–Crippen LogP) is 3.35. The van der Waals surface area contributed by atoms with Crippen LogP contribution in [0.15, 0.2) is 59.4 Å². The first-order chi connectivity index (χ1) is 12.9. The quantitative estimate of drug-likeness (QED) is 0.720. The van der Waals surface area contributed by atoms with Crippen molar-refractivity contribution >= 4 is 28.5 Å². The smallest absolute Gasteiger partial charge is 0.313 e. The summed E-state index contributed by atoms with van der Waals surface area (Å²) in [5.74, 6) is -1.56. The summed E-state index contributed by atoms with van der Waals surface area (Å²) < 4.78 is 6.88. The Kier molecular flexibility index (Phi) is 5.07. The molecule has 0 saturated heterocycles. The molecule has 138 valence electrons.